The molecule has 2 N–H and O–H groups in total. The van der Waals surface area contributed by atoms with Gasteiger partial charge >= 0.3 is 0 Å². The Morgan fingerprint density at radius 3 is 2.60 bits per heavy atom. The van der Waals surface area contributed by atoms with Crippen LogP contribution in [0.5, 0.6) is 5.75 Å². The van der Waals surface area contributed by atoms with Crippen molar-refractivity contribution in [3.05, 3.63) is 94.8 Å². The van der Waals surface area contributed by atoms with Crippen LogP contribution in [0, 0.1) is 0 Å². The van der Waals surface area contributed by atoms with E-state index in [0.717, 1.165) is 70.7 Å². The minimum atomic E-state index is -0.717. The molecule has 5 aliphatic rings. The van der Waals surface area contributed by atoms with Crippen molar-refractivity contribution in [1.82, 2.24) is 40.0 Å². The van der Waals surface area contributed by atoms with Crippen LogP contribution in [-0.2, 0) is 44.2 Å². The zero-order chi connectivity index (χ0) is 41.3. The molecular formula is C45H44N8O7. The molecule has 1 unspecified atom stereocenters. The fourth-order valence-corrected chi connectivity index (χ4v) is 9.44. The molecule has 0 spiro atoms. The van der Waals surface area contributed by atoms with Crippen LogP contribution in [0.25, 0.3) is 33.3 Å². The lowest BCUT2D eigenvalue weighted by atomic mass is 9.83. The van der Waals surface area contributed by atoms with Gasteiger partial charge in [0.1, 0.15) is 23.3 Å². The summed E-state index contributed by atoms with van der Waals surface area (Å²) in [5.41, 5.74) is 6.13. The van der Waals surface area contributed by atoms with E-state index in [4.69, 9.17) is 19.4 Å². The highest BCUT2D eigenvalue weighted by atomic mass is 16.5. The second kappa shape index (κ2) is 14.7. The maximum atomic E-state index is 13.4. The summed E-state index contributed by atoms with van der Waals surface area (Å²) in [4.78, 5) is 81.5. The molecule has 2 saturated heterocycles. The molecule has 306 valence electrons. The molecule has 5 aromatic rings. The maximum Gasteiger partial charge on any atom is 0.269 e. The van der Waals surface area contributed by atoms with Crippen molar-refractivity contribution in [2.45, 2.75) is 76.5 Å². The van der Waals surface area contributed by atoms with Gasteiger partial charge in [-0.2, -0.15) is 0 Å². The maximum absolute atomic E-state index is 13.4. The normalized spacial score (nSPS) is 21.4. The largest absolute Gasteiger partial charge is 0.492 e. The van der Waals surface area contributed by atoms with E-state index in [1.54, 1.807) is 25.3 Å². The van der Waals surface area contributed by atoms with Gasteiger partial charge in [0, 0.05) is 103 Å². The number of benzene rings is 2. The summed E-state index contributed by atoms with van der Waals surface area (Å²) in [5, 5.41) is 7.31. The van der Waals surface area contributed by atoms with Gasteiger partial charge in [-0.15, -0.1) is 0 Å². The van der Waals surface area contributed by atoms with Crippen LogP contribution in [-0.4, -0.2) is 97.8 Å². The summed E-state index contributed by atoms with van der Waals surface area (Å²) in [7, 11) is 0. The van der Waals surface area contributed by atoms with E-state index in [0.29, 0.717) is 54.7 Å². The Balaban J connectivity index is 0.847. The first-order chi connectivity index (χ1) is 29.1. The Bertz CT molecular complexity index is 2630. The van der Waals surface area contributed by atoms with Gasteiger partial charge in [0.2, 0.25) is 17.7 Å². The lowest BCUT2D eigenvalue weighted by molar-refractivity contribution is -0.137. The van der Waals surface area contributed by atoms with Crippen LogP contribution in [0.2, 0.25) is 0 Å². The van der Waals surface area contributed by atoms with Crippen LogP contribution in [0.3, 0.4) is 0 Å². The van der Waals surface area contributed by atoms with Crippen molar-refractivity contribution in [3.8, 4) is 28.3 Å². The van der Waals surface area contributed by atoms with Gasteiger partial charge in [0.05, 0.1) is 36.8 Å². The fraction of sp³-hybridized carbons (Fsp3) is 0.378. The summed E-state index contributed by atoms with van der Waals surface area (Å²) in [6.45, 7) is 7.71. The number of amides is 5. The van der Waals surface area contributed by atoms with E-state index in [9.17, 15) is 24.0 Å². The van der Waals surface area contributed by atoms with Crippen LogP contribution in [0.4, 0.5) is 0 Å². The Morgan fingerprint density at radius 2 is 1.82 bits per heavy atom. The van der Waals surface area contributed by atoms with E-state index >= 15 is 0 Å². The number of rotatable bonds is 7. The number of nitrogens with zero attached hydrogens (tertiary/aromatic N) is 6. The summed E-state index contributed by atoms with van der Waals surface area (Å²) >= 11 is 0. The molecule has 0 radical (unpaired) electrons. The van der Waals surface area contributed by atoms with Gasteiger partial charge in [0.15, 0.2) is 0 Å². The zero-order valence-corrected chi connectivity index (χ0v) is 33.5. The average Bonchev–Trinajstić information content (AvgIpc) is 3.93. The number of imidazole rings is 1. The first-order valence-corrected chi connectivity index (χ1v) is 20.6. The lowest BCUT2D eigenvalue weighted by Crippen LogP contribution is -2.52. The van der Waals surface area contributed by atoms with Crippen molar-refractivity contribution in [3.63, 3.8) is 0 Å². The highest BCUT2D eigenvalue weighted by molar-refractivity contribution is 6.06. The van der Waals surface area contributed by atoms with Crippen molar-refractivity contribution in [2.75, 3.05) is 32.9 Å². The van der Waals surface area contributed by atoms with Gasteiger partial charge in [-0.3, -0.25) is 39.3 Å². The SMILES string of the molecule is CC(=O)N1CCn2c(C3CCOCC3)nc(-c3cccc4cc(-c5ccc(C(=O)NC[C@]6(C)COc7c6ccc6c7CN(C7CCC(=O)NC7=O)C6=O)nc5)ncc34)c2C1. The fourth-order valence-electron chi connectivity index (χ4n) is 9.44. The van der Waals surface area contributed by atoms with E-state index < -0.39 is 17.4 Å². The topological polar surface area (TPSA) is 178 Å². The summed E-state index contributed by atoms with van der Waals surface area (Å²) in [6.07, 6.45) is 5.82. The molecular weight excluding hydrogens is 765 g/mol. The number of hydrogen-bond donors (Lipinski definition) is 2. The quantitative estimate of drug-likeness (QED) is 0.226. The number of nitrogens with one attached hydrogen (secondary N) is 2. The van der Waals surface area contributed by atoms with Gasteiger partial charge in [-0.25, -0.2) is 4.98 Å². The minimum absolute atomic E-state index is 0.0519. The smallest absolute Gasteiger partial charge is 0.269 e. The van der Waals surface area contributed by atoms with Crippen LogP contribution < -0.4 is 15.4 Å². The molecule has 15 heteroatoms. The molecule has 10 rings (SSSR count). The Kier molecular flexibility index (Phi) is 9.23. The van der Waals surface area contributed by atoms with Crippen molar-refractivity contribution in [2.24, 2.45) is 0 Å². The molecule has 2 atom stereocenters. The molecule has 5 amide bonds. The Morgan fingerprint density at radius 1 is 0.967 bits per heavy atom. The Hall–Kier alpha value is -6.48. The van der Waals surface area contributed by atoms with E-state index in [1.807, 2.05) is 42.3 Å². The summed E-state index contributed by atoms with van der Waals surface area (Å²) in [5.74, 6) is 0.639. The highest BCUT2D eigenvalue weighted by Gasteiger charge is 2.45. The monoisotopic (exact) mass is 808 g/mol. The van der Waals surface area contributed by atoms with Crippen LogP contribution in [0.15, 0.2) is 60.9 Å². The highest BCUT2D eigenvalue weighted by Crippen LogP contribution is 2.45. The first kappa shape index (κ1) is 37.8. The second-order valence-electron chi connectivity index (χ2n) is 16.7. The van der Waals surface area contributed by atoms with Crippen molar-refractivity contribution < 1.29 is 33.4 Å². The van der Waals surface area contributed by atoms with Crippen molar-refractivity contribution in [1.29, 1.82) is 0 Å². The second-order valence-corrected chi connectivity index (χ2v) is 16.7. The third-order valence-corrected chi connectivity index (χ3v) is 12.9. The molecule has 2 aromatic carbocycles. The standard InChI is InChI=1S/C45H44N8O7/c1-25(54)51-14-15-52-37(22-51)39(50-41(52)26-12-16-59-17-13-26)29-5-3-4-27-18-35(47-20-31(27)29)28-6-9-34(46-19-28)42(56)48-23-45(2)24-60-40-32-21-53(36-10-11-38(55)49-43(36)57)44(58)30(32)7-8-33(40)45/h3-9,18-20,26,36H,10-17,21-24H2,1-2H3,(H,48,56)(H,49,55,57)/t36?,45-/m1/s1. The number of carbonyl (C=O) groups is 5. The third-order valence-electron chi connectivity index (χ3n) is 12.9. The Labute approximate surface area is 345 Å². The van der Waals surface area contributed by atoms with Gasteiger partial charge in [0.25, 0.3) is 11.8 Å². The molecule has 5 aliphatic heterocycles. The molecule has 0 saturated carbocycles. The number of hydrogen-bond acceptors (Lipinski definition) is 10. The summed E-state index contributed by atoms with van der Waals surface area (Å²) in [6, 6.07) is 14.6. The molecule has 2 fully saturated rings. The molecule has 0 aliphatic carbocycles. The molecule has 3 aromatic heterocycles. The first-order valence-electron chi connectivity index (χ1n) is 20.6. The third kappa shape index (κ3) is 6.38. The number of aromatic nitrogens is 4. The lowest BCUT2D eigenvalue weighted by Gasteiger charge is -2.30. The number of piperidine rings is 1. The van der Waals surface area contributed by atoms with Gasteiger partial charge in [-0.1, -0.05) is 31.2 Å². The predicted molar refractivity (Wildman–Crippen MR) is 218 cm³/mol. The number of imide groups is 1. The van der Waals surface area contributed by atoms with Gasteiger partial charge < -0.3 is 29.2 Å². The van der Waals surface area contributed by atoms with Crippen LogP contribution >= 0.6 is 0 Å². The average molecular weight is 809 g/mol. The molecule has 8 heterocycles. The predicted octanol–water partition coefficient (Wildman–Crippen LogP) is 4.26. The number of pyridine rings is 2. The van der Waals surface area contributed by atoms with Crippen molar-refractivity contribution >= 4 is 40.3 Å². The van der Waals surface area contributed by atoms with Crippen LogP contribution in [0.1, 0.15) is 88.9 Å². The number of carbonyl (C=O) groups excluding carboxylic acids is 5. The number of fused-ring (bicyclic) bond motifs is 5. The van der Waals surface area contributed by atoms with E-state index in [-0.39, 0.29) is 55.3 Å². The zero-order valence-electron chi connectivity index (χ0n) is 33.5. The summed E-state index contributed by atoms with van der Waals surface area (Å²) < 4.78 is 14.2. The molecule has 60 heavy (non-hydrogen) atoms. The van der Waals surface area contributed by atoms with E-state index in [1.165, 1.54) is 4.90 Å². The minimum Gasteiger partial charge on any atom is -0.492 e. The van der Waals surface area contributed by atoms with Gasteiger partial charge in [-0.05, 0) is 48.9 Å². The molecule has 15 nitrogen and oxygen atoms in total. The number of ether oxygens (including phenoxy) is 2. The van der Waals surface area contributed by atoms with E-state index in [2.05, 4.69) is 32.3 Å². The molecule has 0 bridgehead atoms.